The van der Waals surface area contributed by atoms with E-state index in [1.807, 2.05) is 72.8 Å². The maximum atomic E-state index is 14.5. The molecule has 0 spiro atoms. The summed E-state index contributed by atoms with van der Waals surface area (Å²) < 4.78 is 30.4. The number of nitrogens with zero attached hydrogens (tertiary/aromatic N) is 5. The average molecular weight is 653 g/mol. The largest absolute Gasteiger partial charge is 0.383 e. The highest BCUT2D eigenvalue weighted by Crippen LogP contribution is 2.37. The molecule has 1 amide bonds. The van der Waals surface area contributed by atoms with E-state index in [4.69, 9.17) is 0 Å². The van der Waals surface area contributed by atoms with Crippen molar-refractivity contribution in [3.63, 3.8) is 0 Å². The molecule has 9 nitrogen and oxygen atoms in total. The molecular formula is C37H44N6O3S. The number of rotatable bonds is 11. The first-order valence-corrected chi connectivity index (χ1v) is 17.8. The Labute approximate surface area is 279 Å². The normalized spacial score (nSPS) is 15.4. The van der Waals surface area contributed by atoms with Gasteiger partial charge in [0.2, 0.25) is 0 Å². The van der Waals surface area contributed by atoms with Crippen LogP contribution in [0.4, 0.5) is 28.4 Å². The van der Waals surface area contributed by atoms with Gasteiger partial charge in [0.25, 0.3) is 15.9 Å². The van der Waals surface area contributed by atoms with Crippen molar-refractivity contribution in [1.29, 1.82) is 0 Å². The first kappa shape index (κ1) is 32.4. The highest BCUT2D eigenvalue weighted by molar-refractivity contribution is 7.93. The van der Waals surface area contributed by atoms with Crippen LogP contribution in [-0.4, -0.2) is 85.7 Å². The van der Waals surface area contributed by atoms with Gasteiger partial charge in [0.05, 0.1) is 16.9 Å². The predicted molar refractivity (Wildman–Crippen MR) is 193 cm³/mol. The molecule has 1 N–H and O–H groups in total. The van der Waals surface area contributed by atoms with Gasteiger partial charge in [0.15, 0.2) is 0 Å². The standard InChI is InChI=1S/C37H44N6O3S/c1-39(30-14-6-3-7-15-30)37(44)33-28-36(47(45,46)40(2)31-16-8-4-9-17-31)35(29-34(33)38-20-23-41-21-12-13-22-41)43-26-24-42(25-27-43)32-18-10-5-11-19-32/h3-11,14-19,28-29,38H,12-13,20-27H2,1-2H3. The Kier molecular flexibility index (Phi) is 9.98. The van der Waals surface area contributed by atoms with Crippen LogP contribution in [-0.2, 0) is 10.0 Å². The van der Waals surface area contributed by atoms with Gasteiger partial charge in [-0.1, -0.05) is 54.6 Å². The minimum Gasteiger partial charge on any atom is -0.383 e. The molecule has 6 rings (SSSR count). The van der Waals surface area contributed by atoms with Gasteiger partial charge in [-0.25, -0.2) is 8.42 Å². The molecule has 2 fully saturated rings. The molecule has 0 saturated carbocycles. The summed E-state index contributed by atoms with van der Waals surface area (Å²) in [7, 11) is -0.763. The van der Waals surface area contributed by atoms with Crippen LogP contribution in [0.3, 0.4) is 0 Å². The van der Waals surface area contributed by atoms with Crippen LogP contribution in [0.25, 0.3) is 0 Å². The molecule has 2 heterocycles. The lowest BCUT2D eigenvalue weighted by atomic mass is 10.1. The SMILES string of the molecule is CN(C(=O)c1cc(S(=O)(=O)N(C)c2ccccc2)c(N2CCN(c3ccccc3)CC2)cc1NCCN1CCCC1)c1ccccc1. The Morgan fingerprint density at radius 3 is 1.89 bits per heavy atom. The highest BCUT2D eigenvalue weighted by atomic mass is 32.2. The summed E-state index contributed by atoms with van der Waals surface area (Å²) in [4.78, 5) is 22.8. The topological polar surface area (TPSA) is 79.4 Å². The van der Waals surface area contributed by atoms with Gasteiger partial charge in [-0.15, -0.1) is 0 Å². The maximum absolute atomic E-state index is 14.5. The number of hydrogen-bond donors (Lipinski definition) is 1. The predicted octanol–water partition coefficient (Wildman–Crippen LogP) is 5.62. The number of amides is 1. The first-order valence-electron chi connectivity index (χ1n) is 16.4. The molecule has 2 aliphatic heterocycles. The monoisotopic (exact) mass is 652 g/mol. The van der Waals surface area contributed by atoms with Gasteiger partial charge in [0.1, 0.15) is 4.90 Å². The van der Waals surface area contributed by atoms with Crippen molar-refractivity contribution in [2.24, 2.45) is 0 Å². The Hall–Kier alpha value is -4.54. The summed E-state index contributed by atoms with van der Waals surface area (Å²) in [5.41, 5.74) is 3.99. The number of carbonyl (C=O) groups excluding carboxylic acids is 1. The van der Waals surface area contributed by atoms with Crippen LogP contribution >= 0.6 is 0 Å². The number of likely N-dealkylation sites (tertiary alicyclic amines) is 1. The Balaban J connectivity index is 1.41. The number of nitrogens with one attached hydrogen (secondary N) is 1. The highest BCUT2D eigenvalue weighted by Gasteiger charge is 2.32. The van der Waals surface area contributed by atoms with Crippen LogP contribution in [0, 0.1) is 0 Å². The van der Waals surface area contributed by atoms with Crippen LogP contribution in [0.15, 0.2) is 108 Å². The summed E-state index contributed by atoms with van der Waals surface area (Å²) in [6.07, 6.45) is 2.40. The number of hydrogen-bond acceptors (Lipinski definition) is 7. The number of piperazine rings is 1. The molecule has 2 aliphatic rings. The van der Waals surface area contributed by atoms with E-state index in [2.05, 4.69) is 32.1 Å². The third kappa shape index (κ3) is 7.24. The molecule has 0 unspecified atom stereocenters. The van der Waals surface area contributed by atoms with Crippen molar-refractivity contribution in [3.8, 4) is 0 Å². The third-order valence-electron chi connectivity index (χ3n) is 9.22. The Morgan fingerprint density at radius 1 is 0.723 bits per heavy atom. The second-order valence-corrected chi connectivity index (χ2v) is 14.1. The summed E-state index contributed by atoms with van der Waals surface area (Å²) >= 11 is 0. The van der Waals surface area contributed by atoms with Gasteiger partial charge >= 0.3 is 0 Å². The van der Waals surface area contributed by atoms with Crippen LogP contribution in [0.5, 0.6) is 0 Å². The molecule has 0 bridgehead atoms. The number of carbonyl (C=O) groups is 1. The van der Waals surface area contributed by atoms with Gasteiger partial charge in [0, 0.05) is 70.4 Å². The average Bonchev–Trinajstić information content (AvgIpc) is 3.65. The molecule has 246 valence electrons. The van der Waals surface area contributed by atoms with E-state index in [0.29, 0.717) is 42.3 Å². The van der Waals surface area contributed by atoms with Crippen molar-refractivity contribution in [2.75, 3.05) is 90.8 Å². The molecule has 2 saturated heterocycles. The quantitative estimate of drug-likeness (QED) is 0.225. The van der Waals surface area contributed by atoms with Crippen molar-refractivity contribution < 1.29 is 13.2 Å². The molecule has 0 aromatic heterocycles. The lowest BCUT2D eigenvalue weighted by Crippen LogP contribution is -2.47. The van der Waals surface area contributed by atoms with Crippen molar-refractivity contribution in [2.45, 2.75) is 17.7 Å². The minimum absolute atomic E-state index is 0.118. The zero-order chi connectivity index (χ0) is 32.8. The fourth-order valence-corrected chi connectivity index (χ4v) is 7.83. The zero-order valence-corrected chi connectivity index (χ0v) is 28.1. The van der Waals surface area contributed by atoms with E-state index in [1.165, 1.54) is 17.1 Å². The lowest BCUT2D eigenvalue weighted by molar-refractivity contribution is 0.0993. The summed E-state index contributed by atoms with van der Waals surface area (Å²) in [6.45, 7) is 6.40. The number of sulfonamides is 1. The molecule has 0 radical (unpaired) electrons. The second-order valence-electron chi connectivity index (χ2n) is 12.2. The van der Waals surface area contributed by atoms with Gasteiger partial charge in [-0.2, -0.15) is 0 Å². The molecular weight excluding hydrogens is 609 g/mol. The van der Waals surface area contributed by atoms with E-state index >= 15 is 0 Å². The fraction of sp³-hybridized carbons (Fsp3) is 0.324. The van der Waals surface area contributed by atoms with Crippen molar-refractivity contribution in [1.82, 2.24) is 4.90 Å². The van der Waals surface area contributed by atoms with Gasteiger partial charge < -0.3 is 24.9 Å². The molecule has 4 aromatic carbocycles. The molecule has 0 atom stereocenters. The van der Waals surface area contributed by atoms with Crippen LogP contribution in [0.2, 0.25) is 0 Å². The third-order valence-corrected chi connectivity index (χ3v) is 11.0. The van der Waals surface area contributed by atoms with E-state index in [-0.39, 0.29) is 10.8 Å². The maximum Gasteiger partial charge on any atom is 0.266 e. The summed E-state index contributed by atoms with van der Waals surface area (Å²) in [5, 5.41) is 3.55. The number of benzene rings is 4. The Bertz CT molecular complexity index is 1740. The van der Waals surface area contributed by atoms with E-state index < -0.39 is 10.0 Å². The number of anilines is 5. The second kappa shape index (κ2) is 14.5. The molecule has 10 heteroatoms. The molecule has 47 heavy (non-hydrogen) atoms. The van der Waals surface area contributed by atoms with Crippen LogP contribution in [0.1, 0.15) is 23.2 Å². The van der Waals surface area contributed by atoms with E-state index in [0.717, 1.165) is 44.1 Å². The molecule has 0 aliphatic carbocycles. The summed E-state index contributed by atoms with van der Waals surface area (Å²) in [6, 6.07) is 32.3. The molecule has 4 aromatic rings. The van der Waals surface area contributed by atoms with Crippen molar-refractivity contribution >= 4 is 44.4 Å². The fourth-order valence-electron chi connectivity index (χ4n) is 6.42. The number of para-hydroxylation sites is 3. The zero-order valence-electron chi connectivity index (χ0n) is 27.3. The minimum atomic E-state index is -4.06. The van der Waals surface area contributed by atoms with Crippen molar-refractivity contribution in [3.05, 3.63) is 109 Å². The van der Waals surface area contributed by atoms with E-state index in [1.54, 1.807) is 37.2 Å². The Morgan fingerprint density at radius 2 is 1.28 bits per heavy atom. The van der Waals surface area contributed by atoms with Gasteiger partial charge in [-0.3, -0.25) is 9.10 Å². The smallest absolute Gasteiger partial charge is 0.266 e. The first-order chi connectivity index (χ1) is 22.8. The lowest BCUT2D eigenvalue weighted by Gasteiger charge is -2.38. The van der Waals surface area contributed by atoms with Crippen LogP contribution < -0.4 is 24.3 Å². The van der Waals surface area contributed by atoms with Gasteiger partial charge in [-0.05, 0) is 74.5 Å². The van der Waals surface area contributed by atoms with E-state index in [9.17, 15) is 13.2 Å². The summed E-state index contributed by atoms with van der Waals surface area (Å²) in [5.74, 6) is -0.279.